The summed E-state index contributed by atoms with van der Waals surface area (Å²) >= 11 is 0. The zero-order valence-electron chi connectivity index (χ0n) is 31.1. The predicted octanol–water partition coefficient (Wildman–Crippen LogP) is 1.86. The quantitative estimate of drug-likeness (QED) is 0.200. The number of fused-ring (bicyclic) bond motifs is 4. The van der Waals surface area contributed by atoms with E-state index >= 15 is 0 Å². The van der Waals surface area contributed by atoms with Gasteiger partial charge in [0.25, 0.3) is 5.91 Å². The van der Waals surface area contributed by atoms with Crippen molar-refractivity contribution in [2.45, 2.75) is 95.2 Å². The molecule has 2 aromatic carbocycles. The van der Waals surface area contributed by atoms with Crippen molar-refractivity contribution in [2.24, 2.45) is 5.41 Å². The Bertz CT molecular complexity index is 1770. The van der Waals surface area contributed by atoms with Crippen LogP contribution in [0.3, 0.4) is 0 Å². The Balaban J connectivity index is 1.15. The van der Waals surface area contributed by atoms with Gasteiger partial charge < -0.3 is 39.6 Å². The first-order chi connectivity index (χ1) is 25.7. The molecule has 1 aliphatic carbocycles. The molecule has 6 rings (SSSR count). The first kappa shape index (κ1) is 39.0. The van der Waals surface area contributed by atoms with Crippen LogP contribution in [0.4, 0.5) is 0 Å². The minimum Gasteiger partial charge on any atom is -0.460 e. The van der Waals surface area contributed by atoms with Gasteiger partial charge >= 0.3 is 11.9 Å². The van der Waals surface area contributed by atoms with E-state index in [1.165, 1.54) is 16.0 Å². The Hall–Kier alpha value is -4.67. The lowest BCUT2D eigenvalue weighted by atomic mass is 9.62. The Morgan fingerprint density at radius 1 is 1.07 bits per heavy atom. The van der Waals surface area contributed by atoms with Crippen molar-refractivity contribution in [3.8, 4) is 0 Å². The van der Waals surface area contributed by atoms with Crippen LogP contribution < -0.4 is 10.6 Å². The number of hydrogen-bond acceptors (Lipinski definition) is 12. The second kappa shape index (κ2) is 16.0. The minimum absolute atomic E-state index is 0.0239. The summed E-state index contributed by atoms with van der Waals surface area (Å²) < 4.78 is 22.9. The van der Waals surface area contributed by atoms with Crippen LogP contribution in [-0.2, 0) is 56.1 Å². The van der Waals surface area contributed by atoms with Crippen molar-refractivity contribution >= 4 is 35.7 Å². The van der Waals surface area contributed by atoms with Gasteiger partial charge in [-0.25, -0.2) is 0 Å². The third-order valence-corrected chi connectivity index (χ3v) is 9.99. The number of rotatable bonds is 13. The van der Waals surface area contributed by atoms with Gasteiger partial charge in [0.2, 0.25) is 11.8 Å². The van der Waals surface area contributed by atoms with Crippen LogP contribution in [0.1, 0.15) is 67.1 Å². The predicted molar refractivity (Wildman–Crippen MR) is 192 cm³/mol. The van der Waals surface area contributed by atoms with Gasteiger partial charge in [0, 0.05) is 45.1 Å². The van der Waals surface area contributed by atoms with Gasteiger partial charge in [-0.15, -0.1) is 0 Å². The molecule has 0 radical (unpaired) electrons. The molecule has 2 aromatic rings. The third-order valence-electron chi connectivity index (χ3n) is 9.99. The van der Waals surface area contributed by atoms with E-state index in [9.17, 15) is 29.1 Å². The van der Waals surface area contributed by atoms with Gasteiger partial charge in [0.1, 0.15) is 42.2 Å². The zero-order valence-corrected chi connectivity index (χ0v) is 31.1. The van der Waals surface area contributed by atoms with Crippen molar-refractivity contribution in [3.05, 3.63) is 76.9 Å². The lowest BCUT2D eigenvalue weighted by Crippen LogP contribution is -2.69. The van der Waals surface area contributed by atoms with Gasteiger partial charge in [-0.1, -0.05) is 36.4 Å². The lowest BCUT2D eigenvalue weighted by molar-refractivity contribution is -0.201. The van der Waals surface area contributed by atoms with E-state index in [4.69, 9.17) is 23.8 Å². The lowest BCUT2D eigenvalue weighted by Gasteiger charge is -2.48. The van der Waals surface area contributed by atoms with Gasteiger partial charge in [-0.05, 0) is 62.1 Å². The molecular weight excluding hydrogens is 700 g/mol. The molecule has 54 heavy (non-hydrogen) atoms. The molecule has 0 spiro atoms. The highest BCUT2D eigenvalue weighted by Crippen LogP contribution is 2.55. The molecule has 3 amide bonds. The van der Waals surface area contributed by atoms with Gasteiger partial charge in [0.05, 0.1) is 19.2 Å². The number of amides is 3. The molecule has 7 unspecified atom stereocenters. The van der Waals surface area contributed by atoms with Gasteiger partial charge in [-0.3, -0.25) is 28.8 Å². The number of hydrogen-bond donors (Lipinski definition) is 3. The number of likely N-dealkylation sites (N-methyl/N-ethyl adjacent to an activating group) is 1. The molecule has 0 aromatic heterocycles. The summed E-state index contributed by atoms with van der Waals surface area (Å²) in [4.78, 5) is 73.4. The Labute approximate surface area is 313 Å². The average Bonchev–Trinajstić information content (AvgIpc) is 3.76. The summed E-state index contributed by atoms with van der Waals surface area (Å²) in [6, 6.07) is 12.4. The van der Waals surface area contributed by atoms with Gasteiger partial charge in [-0.2, -0.15) is 5.06 Å². The molecule has 3 N–H and O–H groups in total. The number of hydroxylamine groups is 2. The Kier molecular flexibility index (Phi) is 11.5. The van der Waals surface area contributed by atoms with E-state index in [0.29, 0.717) is 11.1 Å². The van der Waals surface area contributed by atoms with Crippen LogP contribution in [0.25, 0.3) is 6.08 Å². The summed E-state index contributed by atoms with van der Waals surface area (Å²) in [5.74, 6) is -2.03. The molecule has 15 nitrogen and oxygen atoms in total. The van der Waals surface area contributed by atoms with E-state index < -0.39 is 71.3 Å². The highest BCUT2D eigenvalue weighted by atomic mass is 16.8. The van der Waals surface area contributed by atoms with Gasteiger partial charge in [0.15, 0.2) is 6.04 Å². The standard InChI is InChI=1S/C39H48N4O11/c1-38(2,3)53-30(46)16-14-27(21-44)41-35(47)26-8-6-7-25(17-26)19-40-37(49)39-18-28-31-32(51-22-50-31)34(39)54-43(33(39)36(48)52-28)20-24-11-9-23(10-12-24)13-15-29(45)42(4)5/h6-13,15,17,27-28,31-34,44H,14,16,18-22H2,1-5H3,(H,40,49)(H,41,47). The maximum atomic E-state index is 14.4. The number of aliphatic hydroxyl groups excluding tert-OH is 1. The number of carbonyl (C=O) groups excluding carboxylic acids is 5. The van der Waals surface area contributed by atoms with E-state index in [1.807, 2.05) is 24.3 Å². The van der Waals surface area contributed by atoms with E-state index in [1.54, 1.807) is 65.2 Å². The van der Waals surface area contributed by atoms with Crippen molar-refractivity contribution in [1.29, 1.82) is 0 Å². The monoisotopic (exact) mass is 748 g/mol. The number of ether oxygens (including phenoxy) is 4. The van der Waals surface area contributed by atoms with Crippen LogP contribution in [0, 0.1) is 5.41 Å². The van der Waals surface area contributed by atoms with Crippen LogP contribution >= 0.6 is 0 Å². The molecule has 3 aliphatic heterocycles. The third kappa shape index (κ3) is 8.35. The maximum absolute atomic E-state index is 14.4. The fraction of sp³-hybridized carbons (Fsp3) is 0.513. The van der Waals surface area contributed by atoms with Crippen LogP contribution in [0.2, 0.25) is 0 Å². The van der Waals surface area contributed by atoms with Crippen LogP contribution in [0.5, 0.6) is 0 Å². The van der Waals surface area contributed by atoms with E-state index in [-0.39, 0.29) is 51.7 Å². The van der Waals surface area contributed by atoms with Crippen molar-refractivity contribution in [2.75, 3.05) is 27.5 Å². The molecule has 1 saturated carbocycles. The highest BCUT2D eigenvalue weighted by molar-refractivity contribution is 5.95. The number of carbonyl (C=O) groups is 5. The molecule has 15 heteroatoms. The number of aliphatic hydroxyl groups is 1. The van der Waals surface area contributed by atoms with Crippen molar-refractivity contribution in [1.82, 2.24) is 20.6 Å². The van der Waals surface area contributed by atoms with E-state index in [0.717, 1.165) is 11.1 Å². The summed E-state index contributed by atoms with van der Waals surface area (Å²) in [5, 5.41) is 17.1. The minimum atomic E-state index is -1.36. The normalized spacial score (nSPS) is 26.5. The first-order valence-electron chi connectivity index (χ1n) is 18.0. The topological polar surface area (TPSA) is 182 Å². The average molecular weight is 749 g/mol. The molecule has 4 fully saturated rings. The molecule has 3 saturated heterocycles. The SMILES string of the molecule is CN(C)C(=O)C=Cc1ccc(CN2OC3C4OCOC4C4CC3(C(=O)NCc3cccc(C(=O)NC(CO)CCC(=O)OC(C)(C)C)c3)C2C(=O)O4)cc1. The second-order valence-electron chi connectivity index (χ2n) is 15.3. The summed E-state index contributed by atoms with van der Waals surface area (Å²) in [5.41, 5.74) is 0.540. The smallest absolute Gasteiger partial charge is 0.327 e. The zero-order chi connectivity index (χ0) is 38.8. The van der Waals surface area contributed by atoms with Crippen LogP contribution in [-0.4, -0.2) is 114 Å². The number of benzene rings is 2. The Morgan fingerprint density at radius 3 is 2.52 bits per heavy atom. The van der Waals surface area contributed by atoms with Crippen molar-refractivity contribution in [3.63, 3.8) is 0 Å². The number of nitrogens with zero attached hydrogens (tertiary/aromatic N) is 2. The first-order valence-corrected chi connectivity index (χ1v) is 18.0. The fourth-order valence-corrected chi connectivity index (χ4v) is 7.40. The van der Waals surface area contributed by atoms with Crippen LogP contribution in [0.15, 0.2) is 54.6 Å². The highest BCUT2D eigenvalue weighted by Gasteiger charge is 2.74. The van der Waals surface area contributed by atoms with E-state index in [2.05, 4.69) is 10.6 Å². The largest absolute Gasteiger partial charge is 0.460 e. The van der Waals surface area contributed by atoms with Crippen molar-refractivity contribution < 1.29 is 52.9 Å². The number of esters is 2. The molecule has 290 valence electrons. The summed E-state index contributed by atoms with van der Waals surface area (Å²) in [6.07, 6.45) is 0.795. The fourth-order valence-electron chi connectivity index (χ4n) is 7.40. The maximum Gasteiger partial charge on any atom is 0.327 e. The molecule has 4 aliphatic rings. The molecule has 7 atom stereocenters. The number of nitrogens with one attached hydrogen (secondary N) is 2. The summed E-state index contributed by atoms with van der Waals surface area (Å²) in [6.45, 7) is 5.11. The Morgan fingerprint density at radius 2 is 1.81 bits per heavy atom. The molecule has 3 heterocycles. The second-order valence-corrected chi connectivity index (χ2v) is 15.3. The molecule has 2 bridgehead atoms. The summed E-state index contributed by atoms with van der Waals surface area (Å²) in [7, 11) is 3.35. The molecular formula is C39H48N4O11.